The van der Waals surface area contributed by atoms with Gasteiger partial charge in [0, 0.05) is 12.4 Å². The molecule has 0 aliphatic rings. The summed E-state index contributed by atoms with van der Waals surface area (Å²) in [5, 5.41) is 11.6. The Morgan fingerprint density at radius 1 is 1.35 bits per heavy atom. The van der Waals surface area contributed by atoms with E-state index in [-0.39, 0.29) is 6.04 Å². The summed E-state index contributed by atoms with van der Waals surface area (Å²) in [6.45, 7) is 4.55. The number of amides is 1. The highest BCUT2D eigenvalue weighted by atomic mass is 16.4. The SMILES string of the molecule is CC(NC(=O)C(C)(C)C(=O)O)c1ccncc1. The Bertz CT molecular complexity index is 415. The van der Waals surface area contributed by atoms with E-state index in [2.05, 4.69) is 10.3 Å². The molecule has 0 saturated carbocycles. The zero-order valence-electron chi connectivity index (χ0n) is 10.1. The quantitative estimate of drug-likeness (QED) is 0.774. The monoisotopic (exact) mass is 236 g/mol. The average Bonchev–Trinajstić information content (AvgIpc) is 2.29. The van der Waals surface area contributed by atoms with Crippen LogP contribution in [0.4, 0.5) is 0 Å². The van der Waals surface area contributed by atoms with Gasteiger partial charge in [-0.2, -0.15) is 0 Å². The minimum Gasteiger partial charge on any atom is -0.480 e. The highest BCUT2D eigenvalue weighted by Crippen LogP contribution is 2.18. The molecule has 5 nitrogen and oxygen atoms in total. The Balaban J connectivity index is 2.74. The second kappa shape index (κ2) is 4.95. The third-order valence-electron chi connectivity index (χ3n) is 2.66. The highest BCUT2D eigenvalue weighted by molar-refractivity contribution is 6.01. The Morgan fingerprint density at radius 2 is 1.88 bits per heavy atom. The first-order valence-corrected chi connectivity index (χ1v) is 5.30. The number of aliphatic carboxylic acids is 1. The summed E-state index contributed by atoms with van der Waals surface area (Å²) in [5.41, 5.74) is -0.545. The Labute approximate surface area is 99.9 Å². The van der Waals surface area contributed by atoms with E-state index in [0.29, 0.717) is 0 Å². The first-order chi connectivity index (χ1) is 7.85. The lowest BCUT2D eigenvalue weighted by atomic mass is 9.92. The maximum atomic E-state index is 11.8. The average molecular weight is 236 g/mol. The summed E-state index contributed by atoms with van der Waals surface area (Å²) < 4.78 is 0. The van der Waals surface area contributed by atoms with Gasteiger partial charge in [0.1, 0.15) is 5.41 Å². The molecule has 0 radical (unpaired) electrons. The molecule has 0 fully saturated rings. The third kappa shape index (κ3) is 3.03. The molecule has 1 aromatic heterocycles. The van der Waals surface area contributed by atoms with Crippen molar-refractivity contribution < 1.29 is 14.7 Å². The summed E-state index contributed by atoms with van der Waals surface area (Å²) in [5.74, 6) is -1.65. The molecule has 1 unspecified atom stereocenters. The number of carbonyl (C=O) groups is 2. The number of hydrogen-bond donors (Lipinski definition) is 2. The molecule has 5 heteroatoms. The van der Waals surface area contributed by atoms with Crippen molar-refractivity contribution in [1.29, 1.82) is 0 Å². The Hall–Kier alpha value is -1.91. The first kappa shape index (κ1) is 13.2. The van der Waals surface area contributed by atoms with Crippen molar-refractivity contribution in [2.24, 2.45) is 5.41 Å². The van der Waals surface area contributed by atoms with Crippen molar-refractivity contribution in [2.75, 3.05) is 0 Å². The van der Waals surface area contributed by atoms with Crippen LogP contribution in [0.15, 0.2) is 24.5 Å². The summed E-state index contributed by atoms with van der Waals surface area (Å²) in [7, 11) is 0. The summed E-state index contributed by atoms with van der Waals surface area (Å²) in [4.78, 5) is 26.6. The van der Waals surface area contributed by atoms with Gasteiger partial charge in [0.15, 0.2) is 0 Å². The van der Waals surface area contributed by atoms with Crippen LogP contribution in [0.2, 0.25) is 0 Å². The van der Waals surface area contributed by atoms with Gasteiger partial charge in [-0.1, -0.05) is 0 Å². The molecule has 0 aliphatic heterocycles. The molecule has 0 aromatic carbocycles. The fourth-order valence-corrected chi connectivity index (χ4v) is 1.21. The van der Waals surface area contributed by atoms with Crippen LogP contribution in [0, 0.1) is 5.41 Å². The van der Waals surface area contributed by atoms with Gasteiger partial charge in [0.2, 0.25) is 5.91 Å². The normalized spacial score (nSPS) is 12.9. The lowest BCUT2D eigenvalue weighted by molar-refractivity contribution is -0.153. The Morgan fingerprint density at radius 3 is 2.35 bits per heavy atom. The molecule has 0 spiro atoms. The van der Waals surface area contributed by atoms with Crippen LogP contribution in [-0.4, -0.2) is 22.0 Å². The van der Waals surface area contributed by atoms with Crippen molar-refractivity contribution in [2.45, 2.75) is 26.8 Å². The lowest BCUT2D eigenvalue weighted by Crippen LogP contribution is -2.43. The largest absolute Gasteiger partial charge is 0.480 e. The van der Waals surface area contributed by atoms with E-state index in [1.165, 1.54) is 13.8 Å². The smallest absolute Gasteiger partial charge is 0.318 e. The van der Waals surface area contributed by atoms with E-state index < -0.39 is 17.3 Å². The number of rotatable bonds is 4. The van der Waals surface area contributed by atoms with Crippen LogP contribution in [-0.2, 0) is 9.59 Å². The number of aromatic nitrogens is 1. The van der Waals surface area contributed by atoms with Gasteiger partial charge in [-0.05, 0) is 38.5 Å². The van der Waals surface area contributed by atoms with Crippen molar-refractivity contribution in [1.82, 2.24) is 10.3 Å². The van der Waals surface area contributed by atoms with Gasteiger partial charge < -0.3 is 10.4 Å². The molecule has 1 amide bonds. The number of carboxylic acids is 1. The molecule has 17 heavy (non-hydrogen) atoms. The topological polar surface area (TPSA) is 79.3 Å². The van der Waals surface area contributed by atoms with Gasteiger partial charge >= 0.3 is 5.97 Å². The van der Waals surface area contributed by atoms with Crippen LogP contribution in [0.5, 0.6) is 0 Å². The molecule has 1 rings (SSSR count). The number of carbonyl (C=O) groups excluding carboxylic acids is 1. The lowest BCUT2D eigenvalue weighted by Gasteiger charge is -2.22. The van der Waals surface area contributed by atoms with E-state index in [4.69, 9.17) is 5.11 Å². The molecule has 92 valence electrons. The minimum absolute atomic E-state index is 0.246. The van der Waals surface area contributed by atoms with Gasteiger partial charge in [0.05, 0.1) is 6.04 Å². The second-order valence-corrected chi connectivity index (χ2v) is 4.41. The summed E-state index contributed by atoms with van der Waals surface area (Å²) >= 11 is 0. The molecule has 1 aromatic rings. The standard InChI is InChI=1S/C12H16N2O3/c1-8(9-4-6-13-7-5-9)14-10(15)12(2,3)11(16)17/h4-8H,1-3H3,(H,14,15)(H,16,17). The van der Waals surface area contributed by atoms with E-state index in [1.54, 1.807) is 31.5 Å². The van der Waals surface area contributed by atoms with Crippen molar-refractivity contribution in [3.63, 3.8) is 0 Å². The van der Waals surface area contributed by atoms with Gasteiger partial charge in [-0.3, -0.25) is 14.6 Å². The van der Waals surface area contributed by atoms with Crippen LogP contribution >= 0.6 is 0 Å². The second-order valence-electron chi connectivity index (χ2n) is 4.41. The molecule has 1 atom stereocenters. The predicted molar refractivity (Wildman–Crippen MR) is 62.2 cm³/mol. The molecule has 2 N–H and O–H groups in total. The molecule has 1 heterocycles. The summed E-state index contributed by atoms with van der Waals surface area (Å²) in [6, 6.07) is 3.31. The van der Waals surface area contributed by atoms with Crippen molar-refractivity contribution in [3.05, 3.63) is 30.1 Å². The van der Waals surface area contributed by atoms with Crippen LogP contribution < -0.4 is 5.32 Å². The minimum atomic E-state index is -1.43. The maximum Gasteiger partial charge on any atom is 0.318 e. The van der Waals surface area contributed by atoms with E-state index >= 15 is 0 Å². The van der Waals surface area contributed by atoms with Gasteiger partial charge in [-0.15, -0.1) is 0 Å². The number of hydrogen-bond acceptors (Lipinski definition) is 3. The molecular formula is C12H16N2O3. The number of pyridine rings is 1. The zero-order chi connectivity index (χ0) is 13.1. The van der Waals surface area contributed by atoms with Gasteiger partial charge in [0.25, 0.3) is 0 Å². The maximum absolute atomic E-state index is 11.8. The Kier molecular flexibility index (Phi) is 3.83. The predicted octanol–water partition coefficient (Wildman–Crippen LogP) is 1.37. The fraction of sp³-hybridized carbons (Fsp3) is 0.417. The number of carboxylic acid groups (broad SMARTS) is 1. The highest BCUT2D eigenvalue weighted by Gasteiger charge is 2.36. The van der Waals surface area contributed by atoms with Crippen LogP contribution in [0.3, 0.4) is 0 Å². The molecule has 0 saturated heterocycles. The fourth-order valence-electron chi connectivity index (χ4n) is 1.21. The zero-order valence-corrected chi connectivity index (χ0v) is 10.1. The van der Waals surface area contributed by atoms with Crippen LogP contribution in [0.1, 0.15) is 32.4 Å². The first-order valence-electron chi connectivity index (χ1n) is 5.30. The van der Waals surface area contributed by atoms with E-state index in [9.17, 15) is 9.59 Å². The van der Waals surface area contributed by atoms with E-state index in [0.717, 1.165) is 5.56 Å². The van der Waals surface area contributed by atoms with Crippen LogP contribution in [0.25, 0.3) is 0 Å². The third-order valence-corrected chi connectivity index (χ3v) is 2.66. The van der Waals surface area contributed by atoms with Crippen molar-refractivity contribution >= 4 is 11.9 Å². The number of nitrogens with zero attached hydrogens (tertiary/aromatic N) is 1. The number of nitrogens with one attached hydrogen (secondary N) is 1. The molecule has 0 bridgehead atoms. The van der Waals surface area contributed by atoms with Crippen molar-refractivity contribution in [3.8, 4) is 0 Å². The summed E-state index contributed by atoms with van der Waals surface area (Å²) in [6.07, 6.45) is 3.25. The molecule has 0 aliphatic carbocycles. The van der Waals surface area contributed by atoms with Gasteiger partial charge in [-0.25, -0.2) is 0 Å². The van der Waals surface area contributed by atoms with E-state index in [1.807, 2.05) is 0 Å². The molecular weight excluding hydrogens is 220 g/mol.